The number of nitrogens with two attached hydrogens (primary N) is 1. The van der Waals surface area contributed by atoms with Crippen LogP contribution in [0.5, 0.6) is 5.75 Å². The SMILES string of the molecule is CC(C)C(N)COc1cccc(F)c1F. The highest BCUT2D eigenvalue weighted by Crippen LogP contribution is 2.19. The summed E-state index contributed by atoms with van der Waals surface area (Å²) in [5, 5.41) is 0. The Hall–Kier alpha value is -1.16. The van der Waals surface area contributed by atoms with Crippen LogP contribution in [0.3, 0.4) is 0 Å². The summed E-state index contributed by atoms with van der Waals surface area (Å²) < 4.78 is 31.0. The van der Waals surface area contributed by atoms with Crippen molar-refractivity contribution in [3.63, 3.8) is 0 Å². The quantitative estimate of drug-likeness (QED) is 0.836. The monoisotopic (exact) mass is 215 g/mol. The van der Waals surface area contributed by atoms with Crippen molar-refractivity contribution in [2.75, 3.05) is 6.61 Å². The largest absolute Gasteiger partial charge is 0.489 e. The van der Waals surface area contributed by atoms with Gasteiger partial charge in [0.05, 0.1) is 0 Å². The summed E-state index contributed by atoms with van der Waals surface area (Å²) >= 11 is 0. The summed E-state index contributed by atoms with van der Waals surface area (Å²) in [7, 11) is 0. The van der Waals surface area contributed by atoms with E-state index < -0.39 is 11.6 Å². The molecule has 1 rings (SSSR count). The smallest absolute Gasteiger partial charge is 0.200 e. The van der Waals surface area contributed by atoms with Crippen molar-refractivity contribution in [3.05, 3.63) is 29.8 Å². The Kier molecular flexibility index (Phi) is 4.03. The van der Waals surface area contributed by atoms with Crippen molar-refractivity contribution < 1.29 is 13.5 Å². The fraction of sp³-hybridized carbons (Fsp3) is 0.455. The van der Waals surface area contributed by atoms with Gasteiger partial charge in [-0.3, -0.25) is 0 Å². The standard InChI is InChI=1S/C11H15F2NO/c1-7(2)9(14)6-15-10-5-3-4-8(12)11(10)13/h3-5,7,9H,6,14H2,1-2H3. The van der Waals surface area contributed by atoms with Gasteiger partial charge in [0.15, 0.2) is 11.6 Å². The highest BCUT2D eigenvalue weighted by molar-refractivity contribution is 5.25. The van der Waals surface area contributed by atoms with E-state index in [1.54, 1.807) is 0 Å². The van der Waals surface area contributed by atoms with Crippen LogP contribution < -0.4 is 10.5 Å². The average Bonchev–Trinajstić information content (AvgIpc) is 2.19. The predicted octanol–water partition coefficient (Wildman–Crippen LogP) is 2.33. The molecule has 0 aliphatic rings. The molecule has 84 valence electrons. The molecule has 0 fully saturated rings. The summed E-state index contributed by atoms with van der Waals surface area (Å²) in [4.78, 5) is 0. The van der Waals surface area contributed by atoms with Crippen LogP contribution in [0.15, 0.2) is 18.2 Å². The van der Waals surface area contributed by atoms with Crippen LogP contribution in [0.4, 0.5) is 8.78 Å². The van der Waals surface area contributed by atoms with Gasteiger partial charge in [-0.1, -0.05) is 19.9 Å². The first-order chi connectivity index (χ1) is 7.02. The summed E-state index contributed by atoms with van der Waals surface area (Å²) in [5.41, 5.74) is 5.71. The average molecular weight is 215 g/mol. The predicted molar refractivity (Wildman–Crippen MR) is 54.7 cm³/mol. The first-order valence-electron chi connectivity index (χ1n) is 4.84. The molecule has 0 bridgehead atoms. The third-order valence-electron chi connectivity index (χ3n) is 2.20. The fourth-order valence-corrected chi connectivity index (χ4v) is 0.974. The van der Waals surface area contributed by atoms with Gasteiger partial charge in [-0.2, -0.15) is 4.39 Å². The molecule has 0 saturated carbocycles. The minimum absolute atomic E-state index is 0.0916. The number of halogens is 2. The Morgan fingerprint density at radius 2 is 2.00 bits per heavy atom. The molecule has 0 aliphatic heterocycles. The number of benzene rings is 1. The van der Waals surface area contributed by atoms with Crippen LogP contribution >= 0.6 is 0 Å². The third kappa shape index (κ3) is 3.16. The highest BCUT2D eigenvalue weighted by Gasteiger charge is 2.12. The normalized spacial score (nSPS) is 12.9. The van der Waals surface area contributed by atoms with E-state index >= 15 is 0 Å². The lowest BCUT2D eigenvalue weighted by atomic mass is 10.1. The highest BCUT2D eigenvalue weighted by atomic mass is 19.2. The number of ether oxygens (including phenoxy) is 1. The van der Waals surface area contributed by atoms with Gasteiger partial charge in [0.1, 0.15) is 6.61 Å². The minimum Gasteiger partial charge on any atom is -0.489 e. The van der Waals surface area contributed by atoms with Crippen LogP contribution in [-0.4, -0.2) is 12.6 Å². The van der Waals surface area contributed by atoms with Crippen LogP contribution in [0.2, 0.25) is 0 Å². The van der Waals surface area contributed by atoms with E-state index in [0.717, 1.165) is 6.07 Å². The van der Waals surface area contributed by atoms with Crippen molar-refractivity contribution in [1.29, 1.82) is 0 Å². The molecule has 1 aromatic rings. The zero-order valence-corrected chi connectivity index (χ0v) is 8.84. The molecule has 0 amide bonds. The lowest BCUT2D eigenvalue weighted by molar-refractivity contribution is 0.246. The van der Waals surface area contributed by atoms with E-state index in [1.807, 2.05) is 13.8 Å². The summed E-state index contributed by atoms with van der Waals surface area (Å²) in [5.74, 6) is -1.73. The van der Waals surface area contributed by atoms with Gasteiger partial charge in [-0.15, -0.1) is 0 Å². The second-order valence-electron chi connectivity index (χ2n) is 3.77. The Balaban J connectivity index is 2.62. The second-order valence-corrected chi connectivity index (χ2v) is 3.77. The molecule has 0 spiro atoms. The molecule has 0 aliphatic carbocycles. The van der Waals surface area contributed by atoms with Gasteiger partial charge >= 0.3 is 0 Å². The van der Waals surface area contributed by atoms with E-state index in [2.05, 4.69) is 0 Å². The fourth-order valence-electron chi connectivity index (χ4n) is 0.974. The lowest BCUT2D eigenvalue weighted by Gasteiger charge is -2.16. The zero-order valence-electron chi connectivity index (χ0n) is 8.84. The van der Waals surface area contributed by atoms with E-state index in [9.17, 15) is 8.78 Å². The molecule has 2 nitrogen and oxygen atoms in total. The van der Waals surface area contributed by atoms with Crippen LogP contribution in [0.25, 0.3) is 0 Å². The van der Waals surface area contributed by atoms with Gasteiger partial charge in [-0.05, 0) is 18.1 Å². The van der Waals surface area contributed by atoms with E-state index in [0.29, 0.717) is 0 Å². The molecular formula is C11H15F2NO. The minimum atomic E-state index is -0.964. The maximum Gasteiger partial charge on any atom is 0.200 e. The van der Waals surface area contributed by atoms with Gasteiger partial charge in [-0.25, -0.2) is 4.39 Å². The molecule has 1 atom stereocenters. The molecular weight excluding hydrogens is 200 g/mol. The molecule has 15 heavy (non-hydrogen) atoms. The molecule has 4 heteroatoms. The van der Waals surface area contributed by atoms with Crippen molar-refractivity contribution in [3.8, 4) is 5.75 Å². The number of hydrogen-bond donors (Lipinski definition) is 1. The van der Waals surface area contributed by atoms with Gasteiger partial charge < -0.3 is 10.5 Å². The van der Waals surface area contributed by atoms with Crippen LogP contribution in [0.1, 0.15) is 13.8 Å². The van der Waals surface area contributed by atoms with Crippen molar-refractivity contribution in [2.24, 2.45) is 11.7 Å². The molecule has 2 N–H and O–H groups in total. The Morgan fingerprint density at radius 1 is 1.33 bits per heavy atom. The van der Waals surface area contributed by atoms with Gasteiger partial charge in [0.25, 0.3) is 0 Å². The van der Waals surface area contributed by atoms with Crippen molar-refractivity contribution in [1.82, 2.24) is 0 Å². The molecule has 0 radical (unpaired) electrons. The van der Waals surface area contributed by atoms with E-state index in [4.69, 9.17) is 10.5 Å². The number of rotatable bonds is 4. The Bertz CT molecular complexity index is 328. The maximum atomic E-state index is 13.1. The van der Waals surface area contributed by atoms with Gasteiger partial charge in [0.2, 0.25) is 5.82 Å². The molecule has 0 aromatic heterocycles. The topological polar surface area (TPSA) is 35.2 Å². The zero-order chi connectivity index (χ0) is 11.4. The van der Waals surface area contributed by atoms with Crippen molar-refractivity contribution in [2.45, 2.75) is 19.9 Å². The number of hydrogen-bond acceptors (Lipinski definition) is 2. The first-order valence-corrected chi connectivity index (χ1v) is 4.84. The Morgan fingerprint density at radius 3 is 2.60 bits per heavy atom. The lowest BCUT2D eigenvalue weighted by Crippen LogP contribution is -2.33. The van der Waals surface area contributed by atoms with Crippen LogP contribution in [-0.2, 0) is 0 Å². The summed E-state index contributed by atoms with van der Waals surface area (Å²) in [6.07, 6.45) is 0. The van der Waals surface area contributed by atoms with Crippen molar-refractivity contribution >= 4 is 0 Å². The third-order valence-corrected chi connectivity index (χ3v) is 2.20. The molecule has 1 aromatic carbocycles. The van der Waals surface area contributed by atoms with Crippen LogP contribution in [0, 0.1) is 17.6 Å². The Labute approximate surface area is 88.0 Å². The molecule has 0 saturated heterocycles. The van der Waals surface area contributed by atoms with Gasteiger partial charge in [0, 0.05) is 6.04 Å². The van der Waals surface area contributed by atoms with E-state index in [-0.39, 0.29) is 24.3 Å². The summed E-state index contributed by atoms with van der Waals surface area (Å²) in [6.45, 7) is 4.06. The maximum absolute atomic E-state index is 13.1. The second kappa shape index (κ2) is 5.07. The summed E-state index contributed by atoms with van der Waals surface area (Å²) in [6, 6.07) is 3.64. The molecule has 1 unspecified atom stereocenters. The van der Waals surface area contributed by atoms with E-state index in [1.165, 1.54) is 12.1 Å². The first kappa shape index (κ1) is 11.9. The molecule has 0 heterocycles.